The summed E-state index contributed by atoms with van der Waals surface area (Å²) in [5.41, 5.74) is 7.01. The number of para-hydroxylation sites is 1. The summed E-state index contributed by atoms with van der Waals surface area (Å²) in [6, 6.07) is 3.54. The molecular weight excluding hydrogens is 458 g/mol. The first-order valence-corrected chi connectivity index (χ1v) is 11.1. The van der Waals surface area contributed by atoms with E-state index in [1.54, 1.807) is 20.0 Å². The van der Waals surface area contributed by atoms with Gasteiger partial charge in [-0.05, 0) is 24.0 Å². The Balaban J connectivity index is 2.24. The molecule has 0 radical (unpaired) electrons. The maximum absolute atomic E-state index is 13.2. The fourth-order valence-electron chi connectivity index (χ4n) is 3.61. The van der Waals surface area contributed by atoms with Gasteiger partial charge in [0, 0.05) is 23.5 Å². The van der Waals surface area contributed by atoms with Crippen LogP contribution in [-0.2, 0) is 30.4 Å². The average molecular weight is 490 g/mol. The van der Waals surface area contributed by atoms with Crippen molar-refractivity contribution >= 4 is 40.6 Å². The number of carboxylic acids is 2. The van der Waals surface area contributed by atoms with Crippen molar-refractivity contribution in [2.75, 3.05) is 6.54 Å². The predicted octanol–water partition coefficient (Wildman–Crippen LogP) is -0.271. The second-order valence-electron chi connectivity index (χ2n) is 8.58. The monoisotopic (exact) mass is 489 g/mol. The summed E-state index contributed by atoms with van der Waals surface area (Å²) < 4.78 is 0. The Hall–Kier alpha value is -3.93. The van der Waals surface area contributed by atoms with Crippen LogP contribution in [0.4, 0.5) is 0 Å². The highest BCUT2D eigenvalue weighted by molar-refractivity contribution is 5.95. The number of aromatic amines is 1. The molecule has 0 saturated carbocycles. The largest absolute Gasteiger partial charge is 0.481 e. The number of aromatic nitrogens is 1. The third-order valence-electron chi connectivity index (χ3n) is 5.27. The van der Waals surface area contributed by atoms with Crippen LogP contribution in [0.15, 0.2) is 30.5 Å². The Morgan fingerprint density at radius 3 is 2.17 bits per heavy atom. The number of rotatable bonds is 13. The maximum atomic E-state index is 13.2. The number of carbonyl (C=O) groups is 5. The van der Waals surface area contributed by atoms with Gasteiger partial charge in [0.2, 0.25) is 17.7 Å². The van der Waals surface area contributed by atoms with Crippen molar-refractivity contribution in [2.24, 2.45) is 11.7 Å². The van der Waals surface area contributed by atoms with Gasteiger partial charge < -0.3 is 36.9 Å². The average Bonchev–Trinajstić information content (AvgIpc) is 3.19. The first-order valence-electron chi connectivity index (χ1n) is 11.1. The van der Waals surface area contributed by atoms with E-state index < -0.39 is 54.2 Å². The number of carboxylic acid groups (broad SMARTS) is 2. The second-order valence-corrected chi connectivity index (χ2v) is 8.58. The fourth-order valence-corrected chi connectivity index (χ4v) is 3.61. The molecule has 3 amide bonds. The van der Waals surface area contributed by atoms with Gasteiger partial charge in [0.15, 0.2) is 0 Å². The molecule has 2 aromatic rings. The van der Waals surface area contributed by atoms with Gasteiger partial charge >= 0.3 is 11.9 Å². The molecule has 0 saturated heterocycles. The van der Waals surface area contributed by atoms with Gasteiger partial charge in [-0.15, -0.1) is 0 Å². The summed E-state index contributed by atoms with van der Waals surface area (Å²) in [6.07, 6.45) is 1.16. The molecule has 1 aromatic heterocycles. The molecule has 8 N–H and O–H groups in total. The third kappa shape index (κ3) is 8.10. The molecule has 12 nitrogen and oxygen atoms in total. The molecule has 3 atom stereocenters. The van der Waals surface area contributed by atoms with Crippen molar-refractivity contribution in [1.29, 1.82) is 0 Å². The lowest BCUT2D eigenvalue weighted by molar-refractivity contribution is -0.147. The van der Waals surface area contributed by atoms with E-state index in [-0.39, 0.29) is 25.3 Å². The number of fused-ring (bicyclic) bond motifs is 1. The second kappa shape index (κ2) is 12.5. The molecule has 0 spiro atoms. The number of hydrogen-bond donors (Lipinski definition) is 7. The van der Waals surface area contributed by atoms with Crippen molar-refractivity contribution in [1.82, 2.24) is 20.9 Å². The molecule has 0 aliphatic rings. The molecule has 0 aliphatic carbocycles. The molecule has 0 fully saturated rings. The summed E-state index contributed by atoms with van der Waals surface area (Å²) in [4.78, 5) is 63.4. The van der Waals surface area contributed by atoms with Gasteiger partial charge in [0.05, 0.1) is 13.0 Å². The van der Waals surface area contributed by atoms with Crippen LogP contribution in [0.25, 0.3) is 10.9 Å². The minimum atomic E-state index is -1.66. The number of aliphatic carboxylic acids is 2. The maximum Gasteiger partial charge on any atom is 0.326 e. The highest BCUT2D eigenvalue weighted by Gasteiger charge is 2.31. The molecule has 0 aliphatic heterocycles. The van der Waals surface area contributed by atoms with Gasteiger partial charge in [-0.3, -0.25) is 19.2 Å². The zero-order valence-electron chi connectivity index (χ0n) is 19.5. The number of hydrogen-bond acceptors (Lipinski definition) is 6. The van der Waals surface area contributed by atoms with Crippen LogP contribution in [0, 0.1) is 5.92 Å². The number of nitrogens with two attached hydrogens (primary N) is 1. The lowest BCUT2D eigenvalue weighted by atomic mass is 10.0. The number of carbonyl (C=O) groups excluding carboxylic acids is 3. The zero-order valence-corrected chi connectivity index (χ0v) is 19.5. The van der Waals surface area contributed by atoms with E-state index in [1.165, 1.54) is 0 Å². The van der Waals surface area contributed by atoms with Gasteiger partial charge in [-0.1, -0.05) is 32.0 Å². The van der Waals surface area contributed by atoms with Gasteiger partial charge in [-0.25, -0.2) is 4.79 Å². The summed E-state index contributed by atoms with van der Waals surface area (Å²) in [5.74, 6) is -5.05. The Morgan fingerprint density at radius 1 is 0.943 bits per heavy atom. The van der Waals surface area contributed by atoms with Crippen molar-refractivity contribution in [3.63, 3.8) is 0 Å². The van der Waals surface area contributed by atoms with Crippen LogP contribution < -0.4 is 21.7 Å². The Labute approximate surface area is 201 Å². The molecule has 2 rings (SSSR count). The van der Waals surface area contributed by atoms with Crippen molar-refractivity contribution in [3.05, 3.63) is 36.0 Å². The standard InChI is InChI=1S/C23H31N5O7/c1-12(2)7-16(21(32)28-18(23(34)35)9-20(30)31)27-22(33)17(26-19(29)10-24)8-13-11-25-15-6-4-3-5-14(13)15/h3-6,11-12,16-18,25H,7-10,24H2,1-2H3,(H,26,29)(H,27,33)(H,28,32)(H,30,31)(H,34,35). The zero-order chi connectivity index (χ0) is 26.1. The first kappa shape index (κ1) is 27.3. The summed E-state index contributed by atoms with van der Waals surface area (Å²) in [6.45, 7) is 3.26. The Morgan fingerprint density at radius 2 is 1.57 bits per heavy atom. The number of amides is 3. The topological polar surface area (TPSA) is 204 Å². The van der Waals surface area contributed by atoms with Gasteiger partial charge in [0.1, 0.15) is 18.1 Å². The summed E-state index contributed by atoms with van der Waals surface area (Å²) in [5, 5.41) is 26.3. The molecule has 35 heavy (non-hydrogen) atoms. The fraction of sp³-hybridized carbons (Fsp3) is 0.435. The Bertz CT molecular complexity index is 1080. The SMILES string of the molecule is CC(C)CC(NC(=O)C(Cc1c[nH]c2ccccc12)NC(=O)CN)C(=O)NC(CC(=O)O)C(=O)O. The molecular formula is C23H31N5O7. The first-order chi connectivity index (χ1) is 16.5. The normalized spacial score (nSPS) is 13.6. The van der Waals surface area contributed by atoms with Gasteiger partial charge in [0.25, 0.3) is 0 Å². The van der Waals surface area contributed by atoms with Crippen LogP contribution in [0.5, 0.6) is 0 Å². The highest BCUT2D eigenvalue weighted by atomic mass is 16.4. The van der Waals surface area contributed by atoms with Crippen molar-refractivity contribution in [2.45, 2.75) is 51.2 Å². The van der Waals surface area contributed by atoms with Crippen LogP contribution >= 0.6 is 0 Å². The Kier molecular flexibility index (Phi) is 9.76. The quantitative estimate of drug-likeness (QED) is 0.199. The molecule has 1 heterocycles. The van der Waals surface area contributed by atoms with E-state index in [0.29, 0.717) is 0 Å². The minimum Gasteiger partial charge on any atom is -0.481 e. The van der Waals surface area contributed by atoms with E-state index >= 15 is 0 Å². The summed E-state index contributed by atoms with van der Waals surface area (Å²) in [7, 11) is 0. The number of H-pyrrole nitrogens is 1. The number of benzene rings is 1. The van der Waals surface area contributed by atoms with Crippen molar-refractivity contribution in [3.8, 4) is 0 Å². The highest BCUT2D eigenvalue weighted by Crippen LogP contribution is 2.19. The molecule has 0 bridgehead atoms. The molecule has 1 aromatic carbocycles. The molecule has 12 heteroatoms. The number of nitrogens with one attached hydrogen (secondary N) is 4. The van der Waals surface area contributed by atoms with Gasteiger partial charge in [-0.2, -0.15) is 0 Å². The van der Waals surface area contributed by atoms with Crippen LogP contribution in [0.3, 0.4) is 0 Å². The lowest BCUT2D eigenvalue weighted by Gasteiger charge is -2.25. The lowest BCUT2D eigenvalue weighted by Crippen LogP contribution is -2.57. The van der Waals surface area contributed by atoms with Crippen molar-refractivity contribution < 1.29 is 34.2 Å². The van der Waals surface area contributed by atoms with E-state index in [9.17, 15) is 29.1 Å². The van der Waals surface area contributed by atoms with Crippen LogP contribution in [0.1, 0.15) is 32.3 Å². The predicted molar refractivity (Wildman–Crippen MR) is 126 cm³/mol. The van der Waals surface area contributed by atoms with Crippen LogP contribution in [-0.4, -0.2) is 69.5 Å². The minimum absolute atomic E-state index is 0.0699. The molecule has 3 unspecified atom stereocenters. The van der Waals surface area contributed by atoms with E-state index in [4.69, 9.17) is 10.8 Å². The molecule has 190 valence electrons. The van der Waals surface area contributed by atoms with E-state index in [2.05, 4.69) is 20.9 Å². The summed E-state index contributed by atoms with van der Waals surface area (Å²) >= 11 is 0. The van der Waals surface area contributed by atoms with E-state index in [1.807, 2.05) is 24.3 Å². The van der Waals surface area contributed by atoms with Crippen LogP contribution in [0.2, 0.25) is 0 Å². The van der Waals surface area contributed by atoms with E-state index in [0.717, 1.165) is 16.5 Å². The smallest absolute Gasteiger partial charge is 0.326 e. The third-order valence-corrected chi connectivity index (χ3v) is 5.27.